The standard InChI is InChI=1S/C17H14ClFN2O6/c1-9(16(22)20-13-5-4-11(18)8-12(13)19)27-15-6-3-10(17(23)26-2)7-14(15)21(24)25/h3-9H,1-2H3,(H,20,22)/t9-/m1/s1. The number of esters is 1. The van der Waals surface area contributed by atoms with Crippen LogP contribution in [0.3, 0.4) is 0 Å². The lowest BCUT2D eigenvalue weighted by atomic mass is 10.2. The predicted octanol–water partition coefficient (Wildman–Crippen LogP) is 3.58. The number of ether oxygens (including phenoxy) is 2. The summed E-state index contributed by atoms with van der Waals surface area (Å²) >= 11 is 5.64. The fourth-order valence-corrected chi connectivity index (χ4v) is 2.23. The molecule has 0 bridgehead atoms. The van der Waals surface area contributed by atoms with Gasteiger partial charge in [0.15, 0.2) is 11.9 Å². The zero-order valence-electron chi connectivity index (χ0n) is 14.2. The van der Waals surface area contributed by atoms with Crippen LogP contribution in [0.1, 0.15) is 17.3 Å². The normalized spacial score (nSPS) is 11.4. The molecule has 0 aromatic heterocycles. The number of hydrogen-bond acceptors (Lipinski definition) is 6. The topological polar surface area (TPSA) is 108 Å². The van der Waals surface area contributed by atoms with Gasteiger partial charge in [-0.2, -0.15) is 0 Å². The van der Waals surface area contributed by atoms with Gasteiger partial charge < -0.3 is 14.8 Å². The molecule has 1 N–H and O–H groups in total. The summed E-state index contributed by atoms with van der Waals surface area (Å²) in [6, 6.07) is 7.11. The second-order valence-corrected chi connectivity index (χ2v) is 5.74. The van der Waals surface area contributed by atoms with Crippen molar-refractivity contribution in [3.8, 4) is 5.75 Å². The van der Waals surface area contributed by atoms with Crippen molar-refractivity contribution >= 4 is 34.9 Å². The Kier molecular flexibility index (Phi) is 6.30. The summed E-state index contributed by atoms with van der Waals surface area (Å²) in [5, 5.41) is 13.7. The Morgan fingerprint density at radius 2 is 1.96 bits per heavy atom. The van der Waals surface area contributed by atoms with Crippen LogP contribution in [0.15, 0.2) is 36.4 Å². The molecule has 142 valence electrons. The SMILES string of the molecule is COC(=O)c1ccc(O[C@H](C)C(=O)Nc2ccc(Cl)cc2F)c([N+](=O)[O-])c1. The summed E-state index contributed by atoms with van der Waals surface area (Å²) in [5.74, 6) is -2.46. The molecule has 0 aliphatic rings. The first-order valence-electron chi connectivity index (χ1n) is 7.52. The number of carbonyl (C=O) groups excluding carboxylic acids is 2. The van der Waals surface area contributed by atoms with E-state index in [-0.39, 0.29) is 22.0 Å². The number of nitro benzene ring substituents is 1. The number of nitrogens with one attached hydrogen (secondary N) is 1. The zero-order valence-corrected chi connectivity index (χ0v) is 15.0. The van der Waals surface area contributed by atoms with Crippen LogP contribution >= 0.6 is 11.6 Å². The number of rotatable bonds is 6. The van der Waals surface area contributed by atoms with E-state index in [1.165, 1.54) is 31.2 Å². The van der Waals surface area contributed by atoms with Gasteiger partial charge in [0.2, 0.25) is 0 Å². The van der Waals surface area contributed by atoms with Crippen LogP contribution < -0.4 is 10.1 Å². The highest BCUT2D eigenvalue weighted by Gasteiger charge is 2.24. The number of halogens is 2. The molecule has 1 atom stereocenters. The van der Waals surface area contributed by atoms with Gasteiger partial charge in [-0.15, -0.1) is 0 Å². The minimum absolute atomic E-state index is 0.0445. The maximum Gasteiger partial charge on any atom is 0.338 e. The van der Waals surface area contributed by atoms with E-state index in [0.29, 0.717) is 0 Å². The number of benzene rings is 2. The van der Waals surface area contributed by atoms with Gasteiger partial charge in [-0.3, -0.25) is 14.9 Å². The van der Waals surface area contributed by atoms with E-state index in [1.807, 2.05) is 0 Å². The highest BCUT2D eigenvalue weighted by Crippen LogP contribution is 2.29. The molecule has 0 aliphatic carbocycles. The van der Waals surface area contributed by atoms with Crippen LogP contribution in [0, 0.1) is 15.9 Å². The first kappa shape index (κ1) is 20.1. The van der Waals surface area contributed by atoms with Crippen molar-refractivity contribution < 1.29 is 28.4 Å². The molecule has 2 rings (SSSR count). The number of nitro groups is 1. The Labute approximate surface area is 158 Å². The molecular formula is C17H14ClFN2O6. The first-order valence-corrected chi connectivity index (χ1v) is 7.90. The van der Waals surface area contributed by atoms with Gasteiger partial charge in [0.05, 0.1) is 23.3 Å². The number of carbonyl (C=O) groups is 2. The summed E-state index contributed by atoms with van der Waals surface area (Å²) in [6.07, 6.45) is -1.19. The molecule has 10 heteroatoms. The first-order chi connectivity index (χ1) is 12.7. The molecule has 0 saturated heterocycles. The van der Waals surface area contributed by atoms with Gasteiger partial charge in [0, 0.05) is 11.1 Å². The lowest BCUT2D eigenvalue weighted by Gasteiger charge is -2.15. The number of hydrogen-bond donors (Lipinski definition) is 1. The average Bonchev–Trinajstić information content (AvgIpc) is 2.63. The third kappa shape index (κ3) is 4.91. The predicted molar refractivity (Wildman–Crippen MR) is 94.6 cm³/mol. The minimum atomic E-state index is -1.19. The summed E-state index contributed by atoms with van der Waals surface area (Å²) in [4.78, 5) is 34.1. The van der Waals surface area contributed by atoms with Crippen LogP contribution in [0.5, 0.6) is 5.75 Å². The number of amides is 1. The van der Waals surface area contributed by atoms with Gasteiger partial charge >= 0.3 is 11.7 Å². The summed E-state index contributed by atoms with van der Waals surface area (Å²) in [5.41, 5.74) is -0.678. The van der Waals surface area contributed by atoms with Crippen LogP contribution in [0.25, 0.3) is 0 Å². The smallest absolute Gasteiger partial charge is 0.338 e. The number of anilines is 1. The Morgan fingerprint density at radius 1 is 1.26 bits per heavy atom. The van der Waals surface area contributed by atoms with Gasteiger partial charge in [-0.25, -0.2) is 9.18 Å². The summed E-state index contributed by atoms with van der Waals surface area (Å²) in [7, 11) is 1.14. The van der Waals surface area contributed by atoms with Crippen LogP contribution in [-0.2, 0) is 9.53 Å². The Bertz CT molecular complexity index is 905. The quantitative estimate of drug-likeness (QED) is 0.454. The van der Waals surface area contributed by atoms with E-state index in [0.717, 1.165) is 19.2 Å². The lowest BCUT2D eigenvalue weighted by Crippen LogP contribution is -2.30. The van der Waals surface area contributed by atoms with E-state index in [4.69, 9.17) is 16.3 Å². The van der Waals surface area contributed by atoms with Crippen molar-refractivity contribution in [3.05, 3.63) is 62.9 Å². The Morgan fingerprint density at radius 3 is 2.56 bits per heavy atom. The third-order valence-electron chi connectivity index (χ3n) is 3.44. The molecule has 8 nitrogen and oxygen atoms in total. The molecule has 0 radical (unpaired) electrons. The molecule has 2 aromatic rings. The Balaban J connectivity index is 2.18. The molecule has 0 aliphatic heterocycles. The maximum atomic E-state index is 13.8. The molecule has 2 aromatic carbocycles. The van der Waals surface area contributed by atoms with E-state index in [9.17, 15) is 24.1 Å². The van der Waals surface area contributed by atoms with E-state index >= 15 is 0 Å². The molecule has 0 spiro atoms. The van der Waals surface area contributed by atoms with Gasteiger partial charge in [0.25, 0.3) is 5.91 Å². The van der Waals surface area contributed by atoms with Crippen molar-refractivity contribution in [1.82, 2.24) is 0 Å². The van der Waals surface area contributed by atoms with Gasteiger partial charge in [-0.1, -0.05) is 11.6 Å². The van der Waals surface area contributed by atoms with Crippen molar-refractivity contribution in [3.63, 3.8) is 0 Å². The summed E-state index contributed by atoms with van der Waals surface area (Å²) < 4.78 is 23.6. The molecule has 1 amide bonds. The Hall–Kier alpha value is -3.20. The van der Waals surface area contributed by atoms with Gasteiger partial charge in [0.1, 0.15) is 5.82 Å². The average molecular weight is 397 g/mol. The van der Waals surface area contributed by atoms with E-state index in [1.54, 1.807) is 0 Å². The zero-order chi connectivity index (χ0) is 20.1. The highest BCUT2D eigenvalue weighted by atomic mass is 35.5. The van der Waals surface area contributed by atoms with Crippen molar-refractivity contribution in [2.75, 3.05) is 12.4 Å². The van der Waals surface area contributed by atoms with Crippen molar-refractivity contribution in [2.45, 2.75) is 13.0 Å². The van der Waals surface area contributed by atoms with Crippen molar-refractivity contribution in [1.29, 1.82) is 0 Å². The second kappa shape index (κ2) is 8.45. The molecule has 0 fully saturated rings. The fourth-order valence-electron chi connectivity index (χ4n) is 2.07. The van der Waals surface area contributed by atoms with Crippen LogP contribution in [0.4, 0.5) is 15.8 Å². The number of methoxy groups -OCH3 is 1. The highest BCUT2D eigenvalue weighted by molar-refractivity contribution is 6.30. The molecular weight excluding hydrogens is 383 g/mol. The third-order valence-corrected chi connectivity index (χ3v) is 3.67. The van der Waals surface area contributed by atoms with Gasteiger partial charge in [-0.05, 0) is 37.3 Å². The van der Waals surface area contributed by atoms with E-state index in [2.05, 4.69) is 10.1 Å². The molecule has 0 unspecified atom stereocenters. The number of nitrogens with zero attached hydrogens (tertiary/aromatic N) is 1. The molecule has 0 heterocycles. The lowest BCUT2D eigenvalue weighted by molar-refractivity contribution is -0.386. The second-order valence-electron chi connectivity index (χ2n) is 5.30. The molecule has 0 saturated carbocycles. The summed E-state index contributed by atoms with van der Waals surface area (Å²) in [6.45, 7) is 1.33. The van der Waals surface area contributed by atoms with E-state index < -0.39 is 34.4 Å². The molecule has 27 heavy (non-hydrogen) atoms. The van der Waals surface area contributed by atoms with Crippen molar-refractivity contribution in [2.24, 2.45) is 0 Å². The maximum absolute atomic E-state index is 13.8. The largest absolute Gasteiger partial charge is 0.474 e. The minimum Gasteiger partial charge on any atom is -0.474 e. The van der Waals surface area contributed by atoms with Crippen LogP contribution in [-0.4, -0.2) is 30.0 Å². The monoisotopic (exact) mass is 396 g/mol. The fraction of sp³-hybridized carbons (Fsp3) is 0.176. The van der Waals surface area contributed by atoms with Crippen LogP contribution in [0.2, 0.25) is 5.02 Å².